The van der Waals surface area contributed by atoms with Gasteiger partial charge >= 0.3 is 0 Å². The SMILES string of the molecule is O=C(c1ccc(S(=O)(=O)NCCCO)cc1)N1CCCC1. The molecule has 1 aliphatic rings. The Bertz CT molecular complexity index is 577. The van der Waals surface area contributed by atoms with Crippen LogP contribution >= 0.6 is 0 Å². The first-order chi connectivity index (χ1) is 10.0. The van der Waals surface area contributed by atoms with Gasteiger partial charge in [0.1, 0.15) is 0 Å². The highest BCUT2D eigenvalue weighted by molar-refractivity contribution is 7.89. The molecule has 0 unspecified atom stereocenters. The van der Waals surface area contributed by atoms with Crippen molar-refractivity contribution in [2.24, 2.45) is 0 Å². The van der Waals surface area contributed by atoms with Gasteiger partial charge in [0.15, 0.2) is 0 Å². The lowest BCUT2D eigenvalue weighted by Crippen LogP contribution is -2.28. The number of nitrogens with one attached hydrogen (secondary N) is 1. The number of rotatable bonds is 6. The number of benzene rings is 1. The molecule has 1 aromatic rings. The van der Waals surface area contributed by atoms with Crippen molar-refractivity contribution in [2.45, 2.75) is 24.2 Å². The van der Waals surface area contributed by atoms with Gasteiger partial charge in [-0.2, -0.15) is 0 Å². The first-order valence-corrected chi connectivity index (χ1v) is 8.53. The molecule has 7 heteroatoms. The number of sulfonamides is 1. The van der Waals surface area contributed by atoms with Gasteiger partial charge in [-0.1, -0.05) is 0 Å². The van der Waals surface area contributed by atoms with Crippen molar-refractivity contribution >= 4 is 15.9 Å². The minimum Gasteiger partial charge on any atom is -0.396 e. The Morgan fingerprint density at radius 1 is 1.19 bits per heavy atom. The maximum atomic E-state index is 12.2. The van der Waals surface area contributed by atoms with Crippen LogP contribution in [0.2, 0.25) is 0 Å². The minimum atomic E-state index is -3.58. The Labute approximate surface area is 124 Å². The van der Waals surface area contributed by atoms with Crippen LogP contribution in [0, 0.1) is 0 Å². The van der Waals surface area contributed by atoms with E-state index in [1.807, 2.05) is 0 Å². The number of likely N-dealkylation sites (tertiary alicyclic amines) is 1. The Hall–Kier alpha value is -1.44. The first kappa shape index (κ1) is 15.9. The van der Waals surface area contributed by atoms with Gasteiger partial charge in [-0.15, -0.1) is 0 Å². The van der Waals surface area contributed by atoms with Crippen LogP contribution in [0.1, 0.15) is 29.6 Å². The second-order valence-corrected chi connectivity index (χ2v) is 6.77. The van der Waals surface area contributed by atoms with Gasteiger partial charge in [-0.05, 0) is 43.5 Å². The van der Waals surface area contributed by atoms with Crippen molar-refractivity contribution < 1.29 is 18.3 Å². The molecule has 1 aliphatic heterocycles. The van der Waals surface area contributed by atoms with E-state index in [0.29, 0.717) is 12.0 Å². The standard InChI is InChI=1S/C14H20N2O4S/c17-11-3-8-15-21(19,20)13-6-4-12(5-7-13)14(18)16-9-1-2-10-16/h4-7,15,17H,1-3,8-11H2. The normalized spacial score (nSPS) is 15.4. The predicted octanol–water partition coefficient (Wildman–Crippen LogP) is 0.583. The highest BCUT2D eigenvalue weighted by Gasteiger charge is 2.20. The molecule has 0 aromatic heterocycles. The fourth-order valence-corrected chi connectivity index (χ4v) is 3.32. The van der Waals surface area contributed by atoms with E-state index in [-0.39, 0.29) is 24.0 Å². The van der Waals surface area contributed by atoms with E-state index in [2.05, 4.69) is 4.72 Å². The topological polar surface area (TPSA) is 86.7 Å². The predicted molar refractivity (Wildman–Crippen MR) is 78.5 cm³/mol. The highest BCUT2D eigenvalue weighted by atomic mass is 32.2. The molecule has 2 rings (SSSR count). The number of carbonyl (C=O) groups excluding carboxylic acids is 1. The lowest BCUT2D eigenvalue weighted by Gasteiger charge is -2.15. The number of aliphatic hydroxyl groups is 1. The summed E-state index contributed by atoms with van der Waals surface area (Å²) in [5, 5.41) is 8.66. The molecule has 21 heavy (non-hydrogen) atoms. The van der Waals surface area contributed by atoms with E-state index in [1.54, 1.807) is 17.0 Å². The van der Waals surface area contributed by atoms with E-state index in [9.17, 15) is 13.2 Å². The molecule has 116 valence electrons. The van der Waals surface area contributed by atoms with E-state index in [1.165, 1.54) is 12.1 Å². The molecular weight excluding hydrogens is 292 g/mol. The first-order valence-electron chi connectivity index (χ1n) is 7.04. The fourth-order valence-electron chi connectivity index (χ4n) is 2.25. The Balaban J connectivity index is 2.05. The number of carbonyl (C=O) groups is 1. The largest absolute Gasteiger partial charge is 0.396 e. The summed E-state index contributed by atoms with van der Waals surface area (Å²) in [6.07, 6.45) is 2.41. The van der Waals surface area contributed by atoms with E-state index in [0.717, 1.165) is 25.9 Å². The Kier molecular flexibility index (Phi) is 5.33. The number of aliphatic hydroxyl groups excluding tert-OH is 1. The van der Waals surface area contributed by atoms with Crippen molar-refractivity contribution in [3.63, 3.8) is 0 Å². The molecule has 1 amide bonds. The summed E-state index contributed by atoms with van der Waals surface area (Å²) in [6.45, 7) is 1.66. The summed E-state index contributed by atoms with van der Waals surface area (Å²) in [5.74, 6) is -0.0512. The molecule has 1 saturated heterocycles. The van der Waals surface area contributed by atoms with Crippen molar-refractivity contribution in [3.8, 4) is 0 Å². The highest BCUT2D eigenvalue weighted by Crippen LogP contribution is 2.15. The molecule has 1 fully saturated rings. The fraction of sp³-hybridized carbons (Fsp3) is 0.500. The molecule has 0 saturated carbocycles. The van der Waals surface area contributed by atoms with Crippen LogP contribution in [0.3, 0.4) is 0 Å². The molecule has 2 N–H and O–H groups in total. The molecule has 6 nitrogen and oxygen atoms in total. The molecule has 0 bridgehead atoms. The van der Waals surface area contributed by atoms with Crippen LogP contribution in [0.25, 0.3) is 0 Å². The monoisotopic (exact) mass is 312 g/mol. The molecular formula is C14H20N2O4S. The van der Waals surface area contributed by atoms with Gasteiger partial charge in [-0.25, -0.2) is 13.1 Å². The van der Waals surface area contributed by atoms with E-state index in [4.69, 9.17) is 5.11 Å². The second kappa shape index (κ2) is 7.02. The van der Waals surface area contributed by atoms with Crippen LogP contribution in [-0.2, 0) is 10.0 Å². The van der Waals surface area contributed by atoms with E-state index < -0.39 is 10.0 Å². The zero-order chi connectivity index (χ0) is 15.3. The zero-order valence-corrected chi connectivity index (χ0v) is 12.6. The van der Waals surface area contributed by atoms with Gasteiger partial charge < -0.3 is 10.0 Å². The molecule has 0 aliphatic carbocycles. The van der Waals surface area contributed by atoms with Gasteiger partial charge in [0.2, 0.25) is 10.0 Å². The number of amides is 1. The Morgan fingerprint density at radius 3 is 2.38 bits per heavy atom. The minimum absolute atomic E-state index is 0.0512. The summed E-state index contributed by atoms with van der Waals surface area (Å²) in [6, 6.07) is 5.96. The quantitative estimate of drug-likeness (QED) is 0.753. The summed E-state index contributed by atoms with van der Waals surface area (Å²) in [4.78, 5) is 14.1. The van der Waals surface area contributed by atoms with Gasteiger partial charge in [-0.3, -0.25) is 4.79 Å². The van der Waals surface area contributed by atoms with Crippen LogP contribution in [0.5, 0.6) is 0 Å². The molecule has 0 radical (unpaired) electrons. The van der Waals surface area contributed by atoms with Gasteiger partial charge in [0.05, 0.1) is 4.90 Å². The lowest BCUT2D eigenvalue weighted by molar-refractivity contribution is 0.0792. The molecule has 1 aromatic carbocycles. The number of hydrogen-bond donors (Lipinski definition) is 2. The number of nitrogens with zero attached hydrogens (tertiary/aromatic N) is 1. The van der Waals surface area contributed by atoms with Gasteiger partial charge in [0.25, 0.3) is 5.91 Å². The maximum absolute atomic E-state index is 12.2. The summed E-state index contributed by atoms with van der Waals surface area (Å²) < 4.78 is 26.3. The Morgan fingerprint density at radius 2 is 1.81 bits per heavy atom. The summed E-state index contributed by atoms with van der Waals surface area (Å²) in [7, 11) is -3.58. The van der Waals surface area contributed by atoms with Crippen molar-refractivity contribution in [3.05, 3.63) is 29.8 Å². The average molecular weight is 312 g/mol. The van der Waals surface area contributed by atoms with E-state index >= 15 is 0 Å². The van der Waals surface area contributed by atoms with Crippen LogP contribution in [0.4, 0.5) is 0 Å². The van der Waals surface area contributed by atoms with Gasteiger partial charge in [0, 0.05) is 31.8 Å². The van der Waals surface area contributed by atoms with Crippen LogP contribution in [-0.4, -0.2) is 50.6 Å². The third-order valence-electron chi connectivity index (χ3n) is 3.43. The van der Waals surface area contributed by atoms with Crippen LogP contribution < -0.4 is 4.72 Å². The van der Waals surface area contributed by atoms with Crippen LogP contribution in [0.15, 0.2) is 29.2 Å². The zero-order valence-electron chi connectivity index (χ0n) is 11.8. The summed E-state index contributed by atoms with van der Waals surface area (Å²) in [5.41, 5.74) is 0.506. The average Bonchev–Trinajstić information content (AvgIpc) is 3.01. The third-order valence-corrected chi connectivity index (χ3v) is 4.91. The van der Waals surface area contributed by atoms with Crippen molar-refractivity contribution in [1.82, 2.24) is 9.62 Å². The second-order valence-electron chi connectivity index (χ2n) is 5.00. The maximum Gasteiger partial charge on any atom is 0.253 e. The lowest BCUT2D eigenvalue weighted by atomic mass is 10.2. The molecule has 0 spiro atoms. The third kappa shape index (κ3) is 4.03. The van der Waals surface area contributed by atoms with Crippen molar-refractivity contribution in [1.29, 1.82) is 0 Å². The molecule has 1 heterocycles. The smallest absolute Gasteiger partial charge is 0.253 e. The summed E-state index contributed by atoms with van der Waals surface area (Å²) >= 11 is 0. The van der Waals surface area contributed by atoms with Crippen molar-refractivity contribution in [2.75, 3.05) is 26.2 Å². The molecule has 0 atom stereocenters. The number of hydrogen-bond acceptors (Lipinski definition) is 4.